The molecule has 1 aromatic rings. The van der Waals surface area contributed by atoms with Crippen molar-refractivity contribution in [2.45, 2.75) is 32.2 Å². The number of carbonyl (C=O) groups excluding carboxylic acids is 1. The van der Waals surface area contributed by atoms with Crippen LogP contribution in [0.25, 0.3) is 0 Å². The van der Waals surface area contributed by atoms with Gasteiger partial charge in [-0.15, -0.1) is 0 Å². The third-order valence-corrected chi connectivity index (χ3v) is 2.43. The highest BCUT2D eigenvalue weighted by molar-refractivity contribution is 5.70. The third kappa shape index (κ3) is 3.27. The predicted octanol–water partition coefficient (Wildman–Crippen LogP) is 0.779. The van der Waals surface area contributed by atoms with E-state index >= 15 is 0 Å². The molecule has 1 aromatic heterocycles. The zero-order chi connectivity index (χ0) is 12.1. The van der Waals surface area contributed by atoms with Gasteiger partial charge in [-0.25, -0.2) is 9.97 Å². The first-order valence-corrected chi connectivity index (χ1v) is 5.16. The van der Waals surface area contributed by atoms with Gasteiger partial charge in [-0.3, -0.25) is 4.79 Å². The van der Waals surface area contributed by atoms with Crippen LogP contribution >= 0.6 is 0 Å². The van der Waals surface area contributed by atoms with Gasteiger partial charge in [0.2, 0.25) is 0 Å². The summed E-state index contributed by atoms with van der Waals surface area (Å²) in [5.74, 6) is 0.265. The molecular weight excluding hydrogens is 206 g/mol. The van der Waals surface area contributed by atoms with Crippen LogP contribution in [0.5, 0.6) is 0 Å². The summed E-state index contributed by atoms with van der Waals surface area (Å²) < 4.78 is 4.64. The minimum atomic E-state index is -0.279. The lowest BCUT2D eigenvalue weighted by Gasteiger charge is -2.19. The highest BCUT2D eigenvalue weighted by Gasteiger charge is 2.21. The minimum absolute atomic E-state index is 0.130. The van der Waals surface area contributed by atoms with E-state index in [1.807, 2.05) is 6.92 Å². The van der Waals surface area contributed by atoms with Crippen LogP contribution < -0.4 is 5.73 Å². The molecule has 1 heterocycles. The molecule has 1 rings (SSSR count). The van der Waals surface area contributed by atoms with Crippen molar-refractivity contribution in [2.24, 2.45) is 5.73 Å². The fourth-order valence-electron chi connectivity index (χ4n) is 1.50. The summed E-state index contributed by atoms with van der Waals surface area (Å²) in [5, 5.41) is 0. The van der Waals surface area contributed by atoms with Crippen LogP contribution in [-0.2, 0) is 9.53 Å². The second-order valence-electron chi connectivity index (χ2n) is 3.77. The number of nitrogens with zero attached hydrogens (tertiary/aromatic N) is 2. The normalized spacial score (nSPS) is 14.2. The average Bonchev–Trinajstić information content (AvgIpc) is 2.25. The molecule has 0 amide bonds. The van der Waals surface area contributed by atoms with E-state index in [2.05, 4.69) is 14.7 Å². The Morgan fingerprint density at radius 2 is 2.31 bits per heavy atom. The monoisotopic (exact) mass is 223 g/mol. The van der Waals surface area contributed by atoms with Crippen molar-refractivity contribution in [1.29, 1.82) is 0 Å². The standard InChI is InChI=1S/C11H17N3O2/c1-7(12)9(6-11(15)16-3)10-4-5-13-8(2)14-10/h4-5,7,9H,6,12H2,1-3H3. The molecule has 2 N–H and O–H groups in total. The number of nitrogens with two attached hydrogens (primary N) is 1. The average molecular weight is 223 g/mol. The lowest BCUT2D eigenvalue weighted by Crippen LogP contribution is -2.28. The summed E-state index contributed by atoms with van der Waals surface area (Å²) in [6, 6.07) is 1.62. The molecule has 0 aliphatic carbocycles. The second-order valence-corrected chi connectivity index (χ2v) is 3.77. The number of ether oxygens (including phenoxy) is 1. The number of hydrogen-bond donors (Lipinski definition) is 1. The Balaban J connectivity index is 2.89. The lowest BCUT2D eigenvalue weighted by atomic mass is 9.94. The van der Waals surface area contributed by atoms with Crippen LogP contribution in [0.1, 0.15) is 30.8 Å². The van der Waals surface area contributed by atoms with Gasteiger partial charge in [0.05, 0.1) is 13.5 Å². The molecule has 0 aliphatic rings. The maximum atomic E-state index is 11.3. The van der Waals surface area contributed by atoms with Gasteiger partial charge in [-0.2, -0.15) is 0 Å². The Bertz CT molecular complexity index is 366. The van der Waals surface area contributed by atoms with E-state index < -0.39 is 0 Å². The van der Waals surface area contributed by atoms with Crippen molar-refractivity contribution >= 4 is 5.97 Å². The van der Waals surface area contributed by atoms with E-state index in [-0.39, 0.29) is 24.3 Å². The number of hydrogen-bond acceptors (Lipinski definition) is 5. The van der Waals surface area contributed by atoms with Gasteiger partial charge < -0.3 is 10.5 Å². The fraction of sp³-hybridized carbons (Fsp3) is 0.545. The molecule has 5 heteroatoms. The molecule has 0 saturated heterocycles. The van der Waals surface area contributed by atoms with Crippen LogP contribution in [0.15, 0.2) is 12.3 Å². The van der Waals surface area contributed by atoms with Gasteiger partial charge in [-0.1, -0.05) is 0 Å². The maximum absolute atomic E-state index is 11.3. The lowest BCUT2D eigenvalue weighted by molar-refractivity contribution is -0.141. The van der Waals surface area contributed by atoms with Crippen molar-refractivity contribution in [1.82, 2.24) is 9.97 Å². The molecule has 0 aliphatic heterocycles. The van der Waals surface area contributed by atoms with Gasteiger partial charge in [0.25, 0.3) is 0 Å². The summed E-state index contributed by atoms with van der Waals surface area (Å²) in [7, 11) is 1.37. The summed E-state index contributed by atoms with van der Waals surface area (Å²) in [4.78, 5) is 19.6. The Morgan fingerprint density at radius 3 is 2.81 bits per heavy atom. The zero-order valence-corrected chi connectivity index (χ0v) is 9.80. The Hall–Kier alpha value is -1.49. The maximum Gasteiger partial charge on any atom is 0.306 e. The topological polar surface area (TPSA) is 78.1 Å². The van der Waals surface area contributed by atoms with E-state index in [0.29, 0.717) is 5.82 Å². The summed E-state index contributed by atoms with van der Waals surface area (Å²) in [6.07, 6.45) is 1.91. The quantitative estimate of drug-likeness (QED) is 0.763. The summed E-state index contributed by atoms with van der Waals surface area (Å²) >= 11 is 0. The van der Waals surface area contributed by atoms with Crippen LogP contribution in [0.3, 0.4) is 0 Å². The minimum Gasteiger partial charge on any atom is -0.469 e. The van der Waals surface area contributed by atoms with Gasteiger partial charge in [-0.05, 0) is 19.9 Å². The predicted molar refractivity (Wildman–Crippen MR) is 59.8 cm³/mol. The molecule has 88 valence electrons. The largest absolute Gasteiger partial charge is 0.469 e. The number of methoxy groups -OCH3 is 1. The molecule has 0 fully saturated rings. The Morgan fingerprint density at radius 1 is 1.62 bits per heavy atom. The number of rotatable bonds is 4. The van der Waals surface area contributed by atoms with E-state index in [4.69, 9.17) is 5.73 Å². The van der Waals surface area contributed by atoms with Crippen LogP contribution in [0.2, 0.25) is 0 Å². The van der Waals surface area contributed by atoms with Crippen molar-refractivity contribution in [3.63, 3.8) is 0 Å². The molecule has 5 nitrogen and oxygen atoms in total. The van der Waals surface area contributed by atoms with Crippen molar-refractivity contribution in [3.8, 4) is 0 Å². The second kappa shape index (κ2) is 5.55. The molecule has 0 aromatic carbocycles. The van der Waals surface area contributed by atoms with E-state index in [1.54, 1.807) is 19.2 Å². The molecule has 0 spiro atoms. The van der Waals surface area contributed by atoms with E-state index in [9.17, 15) is 4.79 Å². The van der Waals surface area contributed by atoms with E-state index in [1.165, 1.54) is 7.11 Å². The number of carbonyl (C=O) groups is 1. The van der Waals surface area contributed by atoms with Crippen molar-refractivity contribution in [2.75, 3.05) is 7.11 Å². The fourth-order valence-corrected chi connectivity index (χ4v) is 1.50. The van der Waals surface area contributed by atoms with Crippen molar-refractivity contribution in [3.05, 3.63) is 23.8 Å². The summed E-state index contributed by atoms with van der Waals surface area (Å²) in [5.41, 5.74) is 6.64. The van der Waals surface area contributed by atoms with Gasteiger partial charge >= 0.3 is 5.97 Å². The van der Waals surface area contributed by atoms with Crippen LogP contribution in [0.4, 0.5) is 0 Å². The van der Waals surface area contributed by atoms with E-state index in [0.717, 1.165) is 5.69 Å². The molecule has 0 bridgehead atoms. The third-order valence-electron chi connectivity index (χ3n) is 2.43. The van der Waals surface area contributed by atoms with Gasteiger partial charge in [0.1, 0.15) is 5.82 Å². The first kappa shape index (κ1) is 12.6. The molecule has 2 atom stereocenters. The Labute approximate surface area is 95.0 Å². The highest BCUT2D eigenvalue weighted by Crippen LogP contribution is 2.20. The summed E-state index contributed by atoms with van der Waals surface area (Å²) in [6.45, 7) is 3.66. The van der Waals surface area contributed by atoms with Crippen molar-refractivity contribution < 1.29 is 9.53 Å². The van der Waals surface area contributed by atoms with Crippen LogP contribution in [0, 0.1) is 6.92 Å². The molecule has 0 saturated carbocycles. The highest BCUT2D eigenvalue weighted by atomic mass is 16.5. The molecular formula is C11H17N3O2. The first-order chi connectivity index (χ1) is 7.54. The zero-order valence-electron chi connectivity index (χ0n) is 9.80. The number of aromatic nitrogens is 2. The Kier molecular flexibility index (Phi) is 4.37. The van der Waals surface area contributed by atoms with Crippen LogP contribution in [-0.4, -0.2) is 29.1 Å². The smallest absolute Gasteiger partial charge is 0.306 e. The SMILES string of the molecule is COC(=O)CC(c1ccnc(C)n1)C(C)N. The van der Waals surface area contributed by atoms with Gasteiger partial charge in [0.15, 0.2) is 0 Å². The molecule has 2 unspecified atom stereocenters. The number of aryl methyl sites for hydroxylation is 1. The first-order valence-electron chi connectivity index (χ1n) is 5.16. The van der Waals surface area contributed by atoms with Gasteiger partial charge in [0, 0.05) is 23.9 Å². The number of esters is 1. The molecule has 16 heavy (non-hydrogen) atoms. The molecule has 0 radical (unpaired) electrons.